The number of rotatable bonds is 4. The van der Waals surface area contributed by atoms with Gasteiger partial charge in [-0.25, -0.2) is 0 Å². The summed E-state index contributed by atoms with van der Waals surface area (Å²) in [5, 5.41) is 2.15. The first-order valence-electron chi connectivity index (χ1n) is 5.41. The van der Waals surface area contributed by atoms with Crippen molar-refractivity contribution in [3.8, 4) is 0 Å². The van der Waals surface area contributed by atoms with Crippen molar-refractivity contribution in [2.24, 2.45) is 0 Å². The molecule has 0 atom stereocenters. The Hall–Kier alpha value is -0.0900. The van der Waals surface area contributed by atoms with Gasteiger partial charge >= 0.3 is 0 Å². The van der Waals surface area contributed by atoms with Crippen molar-refractivity contribution in [2.75, 3.05) is 38.6 Å². The fourth-order valence-electron chi connectivity index (χ4n) is 1.91. The smallest absolute Gasteiger partial charge is 0.0351 e. The number of thiophene rings is 1. The molecule has 0 spiro atoms. The van der Waals surface area contributed by atoms with Gasteiger partial charge in [0.25, 0.3) is 0 Å². The first-order valence-corrected chi connectivity index (χ1v) is 6.83. The van der Waals surface area contributed by atoms with Gasteiger partial charge in [-0.1, -0.05) is 6.07 Å². The highest BCUT2D eigenvalue weighted by molar-refractivity contribution is 7.09. The molecule has 1 saturated heterocycles. The minimum atomic E-state index is 0.755. The molecule has 2 heterocycles. The van der Waals surface area contributed by atoms with Gasteiger partial charge in [-0.2, -0.15) is 0 Å². The average molecular weight is 245 g/mol. The van der Waals surface area contributed by atoms with E-state index in [4.69, 9.17) is 11.6 Å². The van der Waals surface area contributed by atoms with Crippen LogP contribution in [0.2, 0.25) is 0 Å². The lowest BCUT2D eigenvalue weighted by Gasteiger charge is -2.34. The summed E-state index contributed by atoms with van der Waals surface area (Å²) in [7, 11) is 0. The average Bonchev–Trinajstić information content (AvgIpc) is 2.74. The molecule has 2 nitrogen and oxygen atoms in total. The number of nitrogens with zero attached hydrogens (tertiary/aromatic N) is 2. The Bertz CT molecular complexity index is 268. The van der Waals surface area contributed by atoms with E-state index in [0.717, 1.165) is 32.1 Å². The Morgan fingerprint density at radius 3 is 2.53 bits per heavy atom. The molecule has 0 N–H and O–H groups in total. The molecular formula is C11H17ClN2S. The number of alkyl halides is 1. The van der Waals surface area contributed by atoms with Crippen LogP contribution < -0.4 is 0 Å². The molecule has 0 radical (unpaired) electrons. The lowest BCUT2D eigenvalue weighted by atomic mass is 10.3. The number of halogens is 1. The fraction of sp³-hybridized carbons (Fsp3) is 0.636. The minimum absolute atomic E-state index is 0.755. The molecule has 0 bridgehead atoms. The summed E-state index contributed by atoms with van der Waals surface area (Å²) in [6.07, 6.45) is 0. The van der Waals surface area contributed by atoms with Crippen LogP contribution in [0, 0.1) is 0 Å². The molecule has 1 fully saturated rings. The summed E-state index contributed by atoms with van der Waals surface area (Å²) in [4.78, 5) is 6.44. The van der Waals surface area contributed by atoms with Crippen molar-refractivity contribution in [2.45, 2.75) is 6.54 Å². The Labute approximate surface area is 100 Å². The van der Waals surface area contributed by atoms with Gasteiger partial charge in [0, 0.05) is 50.0 Å². The maximum Gasteiger partial charge on any atom is 0.0351 e. The monoisotopic (exact) mass is 244 g/mol. The summed E-state index contributed by atoms with van der Waals surface area (Å²) >= 11 is 7.58. The maximum absolute atomic E-state index is 5.73. The summed E-state index contributed by atoms with van der Waals surface area (Å²) in [5.41, 5.74) is 0. The second-order valence-electron chi connectivity index (χ2n) is 3.89. The van der Waals surface area contributed by atoms with Crippen LogP contribution >= 0.6 is 22.9 Å². The molecule has 1 aliphatic rings. The van der Waals surface area contributed by atoms with Crippen molar-refractivity contribution < 1.29 is 0 Å². The Morgan fingerprint density at radius 1 is 1.20 bits per heavy atom. The number of hydrogen-bond donors (Lipinski definition) is 0. The van der Waals surface area contributed by atoms with Crippen LogP contribution in [0.1, 0.15) is 4.88 Å². The number of piperazine rings is 1. The molecule has 0 saturated carbocycles. The first-order chi connectivity index (χ1) is 7.38. The molecule has 2 rings (SSSR count). The second kappa shape index (κ2) is 5.85. The molecule has 0 aliphatic carbocycles. The topological polar surface area (TPSA) is 6.48 Å². The van der Waals surface area contributed by atoms with Crippen LogP contribution in [-0.2, 0) is 6.54 Å². The normalized spacial score (nSPS) is 19.5. The van der Waals surface area contributed by atoms with E-state index in [1.165, 1.54) is 18.0 Å². The zero-order valence-corrected chi connectivity index (χ0v) is 10.4. The van der Waals surface area contributed by atoms with Crippen molar-refractivity contribution >= 4 is 22.9 Å². The zero-order valence-electron chi connectivity index (χ0n) is 8.86. The molecule has 1 aromatic heterocycles. The van der Waals surface area contributed by atoms with Gasteiger partial charge in [0.1, 0.15) is 0 Å². The van der Waals surface area contributed by atoms with Gasteiger partial charge in [-0.15, -0.1) is 22.9 Å². The second-order valence-corrected chi connectivity index (χ2v) is 5.30. The summed E-state index contributed by atoms with van der Waals surface area (Å²) < 4.78 is 0. The van der Waals surface area contributed by atoms with Gasteiger partial charge in [-0.05, 0) is 11.4 Å². The van der Waals surface area contributed by atoms with Gasteiger partial charge in [-0.3, -0.25) is 9.80 Å². The third-order valence-electron chi connectivity index (χ3n) is 2.83. The molecule has 15 heavy (non-hydrogen) atoms. The van der Waals surface area contributed by atoms with Crippen LogP contribution in [0.3, 0.4) is 0 Å². The molecule has 0 unspecified atom stereocenters. The van der Waals surface area contributed by atoms with E-state index in [2.05, 4.69) is 27.3 Å². The fourth-order valence-corrected chi connectivity index (χ4v) is 2.90. The van der Waals surface area contributed by atoms with Crippen molar-refractivity contribution in [3.05, 3.63) is 22.4 Å². The predicted octanol–water partition coefficient (Wildman–Crippen LogP) is 2.10. The molecule has 0 aromatic carbocycles. The summed E-state index contributed by atoms with van der Waals surface area (Å²) in [6.45, 7) is 6.83. The standard InChI is InChI=1S/C11H17ClN2S/c12-3-4-13-5-7-14(8-6-13)10-11-2-1-9-15-11/h1-2,9H,3-8,10H2. The van der Waals surface area contributed by atoms with Crippen molar-refractivity contribution in [1.29, 1.82) is 0 Å². The van der Waals surface area contributed by atoms with Crippen molar-refractivity contribution in [1.82, 2.24) is 9.80 Å². The van der Waals surface area contributed by atoms with E-state index in [1.807, 2.05) is 11.3 Å². The number of hydrogen-bond acceptors (Lipinski definition) is 3. The molecule has 0 amide bonds. The maximum atomic E-state index is 5.73. The van der Waals surface area contributed by atoms with E-state index in [0.29, 0.717) is 0 Å². The highest BCUT2D eigenvalue weighted by Gasteiger charge is 2.16. The van der Waals surface area contributed by atoms with Gasteiger partial charge < -0.3 is 0 Å². The lowest BCUT2D eigenvalue weighted by Crippen LogP contribution is -2.46. The molecule has 84 valence electrons. The minimum Gasteiger partial charge on any atom is -0.300 e. The molecule has 4 heteroatoms. The molecule has 1 aliphatic heterocycles. The third kappa shape index (κ3) is 3.45. The van der Waals surface area contributed by atoms with E-state index in [9.17, 15) is 0 Å². The summed E-state index contributed by atoms with van der Waals surface area (Å²) in [5.74, 6) is 0.755. The van der Waals surface area contributed by atoms with Gasteiger partial charge in [0.15, 0.2) is 0 Å². The highest BCUT2D eigenvalue weighted by Crippen LogP contribution is 2.13. The van der Waals surface area contributed by atoms with E-state index < -0.39 is 0 Å². The largest absolute Gasteiger partial charge is 0.300 e. The van der Waals surface area contributed by atoms with Crippen LogP contribution in [0.5, 0.6) is 0 Å². The van der Waals surface area contributed by atoms with Crippen LogP contribution in [0.25, 0.3) is 0 Å². The first kappa shape index (κ1) is 11.4. The molecule has 1 aromatic rings. The van der Waals surface area contributed by atoms with E-state index in [-0.39, 0.29) is 0 Å². The van der Waals surface area contributed by atoms with Crippen LogP contribution in [0.15, 0.2) is 17.5 Å². The van der Waals surface area contributed by atoms with Crippen LogP contribution in [0.4, 0.5) is 0 Å². The SMILES string of the molecule is ClCCN1CCN(Cc2cccs2)CC1. The van der Waals surface area contributed by atoms with Gasteiger partial charge in [0.05, 0.1) is 0 Å². The lowest BCUT2D eigenvalue weighted by molar-refractivity contribution is 0.133. The quantitative estimate of drug-likeness (QED) is 0.749. The Morgan fingerprint density at radius 2 is 1.93 bits per heavy atom. The van der Waals surface area contributed by atoms with Gasteiger partial charge in [0.2, 0.25) is 0 Å². The zero-order chi connectivity index (χ0) is 10.5. The van der Waals surface area contributed by atoms with Crippen LogP contribution in [-0.4, -0.2) is 48.4 Å². The summed E-state index contributed by atoms with van der Waals surface area (Å²) in [6, 6.07) is 4.35. The Balaban J connectivity index is 1.74. The predicted molar refractivity (Wildman–Crippen MR) is 66.8 cm³/mol. The third-order valence-corrected chi connectivity index (χ3v) is 3.86. The van der Waals surface area contributed by atoms with E-state index in [1.54, 1.807) is 0 Å². The van der Waals surface area contributed by atoms with E-state index >= 15 is 0 Å². The highest BCUT2D eigenvalue weighted by atomic mass is 35.5. The van der Waals surface area contributed by atoms with Crippen molar-refractivity contribution in [3.63, 3.8) is 0 Å². The Kier molecular flexibility index (Phi) is 4.44. The molecular weight excluding hydrogens is 228 g/mol.